The second-order valence-electron chi connectivity index (χ2n) is 21.4. The highest BCUT2D eigenvalue weighted by Gasteiger charge is 2.44. The minimum atomic E-state index is -1.67. The van der Waals surface area contributed by atoms with E-state index < -0.39 is 74.2 Å². The second kappa shape index (κ2) is 51.6. The Kier molecular flexibility index (Phi) is 48.7. The molecule has 0 radical (unpaired) electrons. The molecule has 11 nitrogen and oxygen atoms in total. The van der Waals surface area contributed by atoms with E-state index in [0.717, 1.165) is 57.8 Å². The van der Waals surface area contributed by atoms with Gasteiger partial charge in [-0.1, -0.05) is 235 Å². The molecular formula is C63H115NO10. The number of carbonyl (C=O) groups is 1. The number of unbranched alkanes of at least 4 members (excludes halogenated alkanes) is 30. The molecule has 0 aliphatic carbocycles. The molecule has 1 amide bonds. The van der Waals surface area contributed by atoms with Gasteiger partial charge in [0.2, 0.25) is 5.91 Å². The maximum atomic E-state index is 13.2. The molecule has 432 valence electrons. The highest BCUT2D eigenvalue weighted by molar-refractivity contribution is 5.80. The average molecular weight is 1050 g/mol. The molecule has 0 saturated carbocycles. The lowest BCUT2D eigenvalue weighted by Crippen LogP contribution is -2.60. The van der Waals surface area contributed by atoms with E-state index in [1.54, 1.807) is 0 Å². The van der Waals surface area contributed by atoms with Crippen LogP contribution in [-0.4, -0.2) is 110 Å². The fourth-order valence-electron chi connectivity index (χ4n) is 9.57. The zero-order valence-electron chi connectivity index (χ0n) is 47.3. The van der Waals surface area contributed by atoms with Gasteiger partial charge in [-0.25, -0.2) is 0 Å². The van der Waals surface area contributed by atoms with Crippen LogP contribution in [0.5, 0.6) is 0 Å². The summed E-state index contributed by atoms with van der Waals surface area (Å²) in [4.78, 5) is 13.2. The molecule has 0 bridgehead atoms. The molecule has 0 aromatic heterocycles. The summed E-state index contributed by atoms with van der Waals surface area (Å²) in [6, 6.07) is -1.20. The summed E-state index contributed by atoms with van der Waals surface area (Å²) in [6.07, 6.45) is 56.0. The first-order chi connectivity index (χ1) is 36.2. The van der Waals surface area contributed by atoms with Gasteiger partial charge in [-0.2, -0.15) is 0 Å². The summed E-state index contributed by atoms with van der Waals surface area (Å²) >= 11 is 0. The van der Waals surface area contributed by atoms with Crippen molar-refractivity contribution in [1.29, 1.82) is 0 Å². The van der Waals surface area contributed by atoms with Crippen LogP contribution < -0.4 is 5.32 Å². The molecule has 0 aromatic rings. The topological polar surface area (TPSA) is 189 Å². The Hall–Kier alpha value is -2.19. The number of hydrogen-bond donors (Lipinski definition) is 8. The van der Waals surface area contributed by atoms with Crippen molar-refractivity contribution in [1.82, 2.24) is 5.32 Å². The number of rotatable bonds is 52. The Morgan fingerprint density at radius 1 is 0.486 bits per heavy atom. The summed E-state index contributed by atoms with van der Waals surface area (Å²) in [7, 11) is 0. The van der Waals surface area contributed by atoms with Crippen molar-refractivity contribution in [2.45, 2.75) is 319 Å². The molecule has 1 rings (SSSR count). The van der Waals surface area contributed by atoms with Crippen molar-refractivity contribution in [3.63, 3.8) is 0 Å². The quantitative estimate of drug-likeness (QED) is 0.0215. The normalized spacial score (nSPS) is 20.3. The van der Waals surface area contributed by atoms with Gasteiger partial charge in [0.15, 0.2) is 6.29 Å². The van der Waals surface area contributed by atoms with Gasteiger partial charge in [-0.3, -0.25) is 4.79 Å². The van der Waals surface area contributed by atoms with E-state index in [1.165, 1.54) is 161 Å². The predicted molar refractivity (Wildman–Crippen MR) is 307 cm³/mol. The smallest absolute Gasteiger partial charge is 0.249 e. The van der Waals surface area contributed by atoms with Gasteiger partial charge in [0.1, 0.15) is 36.6 Å². The number of nitrogens with one attached hydrogen (secondary N) is 1. The summed E-state index contributed by atoms with van der Waals surface area (Å²) in [6.45, 7) is 3.33. The summed E-state index contributed by atoms with van der Waals surface area (Å²) in [5.41, 5.74) is 0. The van der Waals surface area contributed by atoms with Gasteiger partial charge in [-0.05, 0) is 89.9 Å². The maximum absolute atomic E-state index is 13.2. The SMILES string of the molecule is CC/C=C/CC/C=C/CC/C=C/CCCC(O)C(O)C(COC1OC(CO)C(O)C(O)C1O)NC(=O)C(O)CCCCCCCCCCCCCCCCCC/C=C\C/C=C\CCCCCCCCCCCCC. The number of aliphatic hydroxyl groups excluding tert-OH is 7. The first kappa shape index (κ1) is 69.8. The Balaban J connectivity index is 2.18. The van der Waals surface area contributed by atoms with Gasteiger partial charge in [0.05, 0.1) is 25.4 Å². The minimum Gasteiger partial charge on any atom is -0.394 e. The van der Waals surface area contributed by atoms with Crippen molar-refractivity contribution < 1.29 is 50.0 Å². The van der Waals surface area contributed by atoms with Gasteiger partial charge >= 0.3 is 0 Å². The van der Waals surface area contributed by atoms with E-state index in [-0.39, 0.29) is 12.8 Å². The van der Waals surface area contributed by atoms with Crippen LogP contribution in [0, 0.1) is 0 Å². The standard InChI is InChI=1S/C63H115NO10/c1-3-5-7-9-11-13-15-17-18-19-20-21-22-23-24-25-26-27-28-29-30-31-32-33-34-35-36-37-39-41-43-45-47-49-51-56(67)62(72)64-54(53-73-63-61(71)60(70)59(69)57(52-65)74-63)58(68)55(66)50-48-46-44-42-40-38-16-14-12-10-8-6-4-2/h6,8,14,16,22-23,25-26,42,44,54-61,63,65-71H,3-5,7,9-13,15,17-21,24,27-41,43,45-53H2,1-2H3,(H,64,72)/b8-6+,16-14+,23-22-,26-25-,44-42+. The third-order valence-electron chi connectivity index (χ3n) is 14.5. The number of hydrogen-bond acceptors (Lipinski definition) is 10. The number of carbonyl (C=O) groups excluding carboxylic acids is 1. The third-order valence-corrected chi connectivity index (χ3v) is 14.5. The lowest BCUT2D eigenvalue weighted by molar-refractivity contribution is -0.303. The largest absolute Gasteiger partial charge is 0.394 e. The zero-order chi connectivity index (χ0) is 54.0. The summed E-state index contributed by atoms with van der Waals surface area (Å²) < 4.78 is 11.1. The lowest BCUT2D eigenvalue weighted by atomic mass is 9.98. The summed E-state index contributed by atoms with van der Waals surface area (Å²) in [5.74, 6) is -0.713. The van der Waals surface area contributed by atoms with Gasteiger partial charge < -0.3 is 50.5 Å². The van der Waals surface area contributed by atoms with E-state index >= 15 is 0 Å². The fraction of sp³-hybridized carbons (Fsp3) is 0.825. The van der Waals surface area contributed by atoms with Crippen LogP contribution >= 0.6 is 0 Å². The first-order valence-corrected chi connectivity index (χ1v) is 30.7. The van der Waals surface area contributed by atoms with E-state index in [9.17, 15) is 40.5 Å². The zero-order valence-corrected chi connectivity index (χ0v) is 47.3. The molecule has 9 atom stereocenters. The maximum Gasteiger partial charge on any atom is 0.249 e. The minimum absolute atomic E-state index is 0.239. The van der Waals surface area contributed by atoms with Crippen molar-refractivity contribution >= 4 is 5.91 Å². The molecule has 1 aliphatic rings. The van der Waals surface area contributed by atoms with E-state index in [1.807, 2.05) is 0 Å². The van der Waals surface area contributed by atoms with Crippen LogP contribution in [0.25, 0.3) is 0 Å². The van der Waals surface area contributed by atoms with Crippen molar-refractivity contribution in [3.05, 3.63) is 60.8 Å². The number of amides is 1. The molecule has 1 saturated heterocycles. The highest BCUT2D eigenvalue weighted by Crippen LogP contribution is 2.23. The highest BCUT2D eigenvalue weighted by atomic mass is 16.7. The van der Waals surface area contributed by atoms with E-state index in [2.05, 4.69) is 79.9 Å². The van der Waals surface area contributed by atoms with Gasteiger partial charge in [0.25, 0.3) is 0 Å². The molecule has 11 heteroatoms. The Morgan fingerprint density at radius 2 is 0.892 bits per heavy atom. The molecule has 1 aliphatic heterocycles. The van der Waals surface area contributed by atoms with Crippen molar-refractivity contribution in [3.8, 4) is 0 Å². The van der Waals surface area contributed by atoms with Crippen LogP contribution in [0.2, 0.25) is 0 Å². The van der Waals surface area contributed by atoms with Crippen LogP contribution in [0.15, 0.2) is 60.8 Å². The van der Waals surface area contributed by atoms with Crippen molar-refractivity contribution in [2.24, 2.45) is 0 Å². The van der Waals surface area contributed by atoms with Crippen LogP contribution in [0.4, 0.5) is 0 Å². The summed E-state index contributed by atoms with van der Waals surface area (Å²) in [5, 5.41) is 76.0. The monoisotopic (exact) mass is 1050 g/mol. The van der Waals surface area contributed by atoms with Crippen LogP contribution in [0.1, 0.15) is 264 Å². The molecule has 1 heterocycles. The average Bonchev–Trinajstić information content (AvgIpc) is 3.40. The predicted octanol–water partition coefficient (Wildman–Crippen LogP) is 13.4. The molecule has 1 fully saturated rings. The first-order valence-electron chi connectivity index (χ1n) is 30.7. The van der Waals surface area contributed by atoms with E-state index in [4.69, 9.17) is 9.47 Å². The fourth-order valence-corrected chi connectivity index (χ4v) is 9.57. The van der Waals surface area contributed by atoms with Crippen LogP contribution in [0.3, 0.4) is 0 Å². The van der Waals surface area contributed by atoms with Gasteiger partial charge in [0, 0.05) is 0 Å². The second-order valence-corrected chi connectivity index (χ2v) is 21.4. The lowest BCUT2D eigenvalue weighted by Gasteiger charge is -2.40. The van der Waals surface area contributed by atoms with E-state index in [0.29, 0.717) is 19.3 Å². The molecular weight excluding hydrogens is 931 g/mol. The molecule has 9 unspecified atom stereocenters. The van der Waals surface area contributed by atoms with Crippen molar-refractivity contribution in [2.75, 3.05) is 13.2 Å². The number of ether oxygens (including phenoxy) is 2. The molecule has 74 heavy (non-hydrogen) atoms. The molecule has 8 N–H and O–H groups in total. The Bertz CT molecular complexity index is 1380. The van der Waals surface area contributed by atoms with Gasteiger partial charge in [-0.15, -0.1) is 0 Å². The number of allylic oxidation sites excluding steroid dienone is 10. The Morgan fingerprint density at radius 3 is 1.35 bits per heavy atom. The number of aliphatic hydroxyl groups is 7. The third kappa shape index (κ3) is 39.2. The molecule has 0 aromatic carbocycles. The molecule has 0 spiro atoms. The van der Waals surface area contributed by atoms with Crippen LogP contribution in [-0.2, 0) is 14.3 Å². The Labute approximate surface area is 452 Å².